The topological polar surface area (TPSA) is 31.9 Å². The minimum absolute atomic E-state index is 0. The maximum Gasteiger partial charge on any atom is 0.0925 e. The molecule has 0 atom stereocenters. The summed E-state index contributed by atoms with van der Waals surface area (Å²) in [6.07, 6.45) is 2.87. The molecule has 0 bridgehead atoms. The van der Waals surface area contributed by atoms with E-state index in [-0.39, 0.29) is 1.43 Å². The number of aromatic amines is 1. The van der Waals surface area contributed by atoms with Crippen molar-refractivity contribution in [2.45, 2.75) is 26.8 Å². The lowest BCUT2D eigenvalue weighted by Gasteiger charge is -2.20. The van der Waals surface area contributed by atoms with E-state index in [1.807, 2.05) is 13.8 Å². The van der Waals surface area contributed by atoms with Crippen LogP contribution >= 0.6 is 0 Å². The fourth-order valence-electron chi connectivity index (χ4n) is 1.35. The van der Waals surface area contributed by atoms with Crippen molar-refractivity contribution in [2.75, 3.05) is 13.6 Å². The first-order chi connectivity index (χ1) is 5.86. The second kappa shape index (κ2) is 4.26. The molecule has 1 aromatic heterocycles. The molecule has 0 saturated carbocycles. The van der Waals surface area contributed by atoms with Crippen LogP contribution in [-0.2, 0) is 13.0 Å². The average Bonchev–Trinajstić information content (AvgIpc) is 2.54. The van der Waals surface area contributed by atoms with Crippen LogP contribution in [0.4, 0.5) is 0 Å². The minimum atomic E-state index is 0. The van der Waals surface area contributed by atoms with Gasteiger partial charge in [-0.3, -0.25) is 0 Å². The molecule has 3 heteroatoms. The number of nitrogens with zero attached hydrogens (tertiary/aromatic N) is 2. The molecule has 0 fully saturated rings. The van der Waals surface area contributed by atoms with E-state index in [2.05, 4.69) is 21.9 Å². The first-order valence-electron chi connectivity index (χ1n) is 4.56. The molecule has 0 saturated heterocycles. The Labute approximate surface area is 75.3 Å². The van der Waals surface area contributed by atoms with E-state index >= 15 is 0 Å². The minimum Gasteiger partial charge on any atom is -0.347 e. The van der Waals surface area contributed by atoms with Gasteiger partial charge in [0.15, 0.2) is 0 Å². The summed E-state index contributed by atoms with van der Waals surface area (Å²) in [6.45, 7) is 6.16. The van der Waals surface area contributed by atoms with Crippen molar-refractivity contribution < 1.29 is 1.43 Å². The highest BCUT2D eigenvalue weighted by Crippen LogP contribution is 2.12. The van der Waals surface area contributed by atoms with Crippen LogP contribution in [0.3, 0.4) is 0 Å². The van der Waals surface area contributed by atoms with Crippen LogP contribution in [-0.4, -0.2) is 28.5 Å². The van der Waals surface area contributed by atoms with Crippen molar-refractivity contribution in [2.24, 2.45) is 0 Å². The third-order valence-electron chi connectivity index (χ3n) is 1.97. The predicted molar refractivity (Wildman–Crippen MR) is 52.1 cm³/mol. The van der Waals surface area contributed by atoms with E-state index in [9.17, 15) is 0 Å². The van der Waals surface area contributed by atoms with Crippen molar-refractivity contribution in [3.05, 3.63) is 17.7 Å². The fourth-order valence-corrected chi connectivity index (χ4v) is 1.35. The summed E-state index contributed by atoms with van der Waals surface area (Å²) in [6, 6.07) is 0. The maximum atomic E-state index is 4.21. The van der Waals surface area contributed by atoms with Crippen LogP contribution < -0.4 is 0 Å². The zero-order valence-electron chi connectivity index (χ0n) is 8.09. The van der Waals surface area contributed by atoms with Crippen molar-refractivity contribution in [1.29, 1.82) is 0 Å². The lowest BCUT2D eigenvalue weighted by atomic mass is 10.2. The molecule has 12 heavy (non-hydrogen) atoms. The van der Waals surface area contributed by atoms with Gasteiger partial charge in [0.1, 0.15) is 0 Å². The van der Waals surface area contributed by atoms with Crippen molar-refractivity contribution in [3.63, 3.8) is 0 Å². The van der Waals surface area contributed by atoms with E-state index < -0.39 is 0 Å². The third kappa shape index (κ3) is 1.85. The Hall–Kier alpha value is -0.830. The Balaban J connectivity index is 0.000000451. The third-order valence-corrected chi connectivity index (χ3v) is 1.97. The smallest absolute Gasteiger partial charge is 0.0925 e. The molecule has 2 rings (SSSR count). The number of hydrogen-bond donors (Lipinski definition) is 1. The number of nitrogens with one attached hydrogen (secondary N) is 1. The molecule has 0 unspecified atom stereocenters. The summed E-state index contributed by atoms with van der Waals surface area (Å²) in [5.74, 6) is 0. The number of hydrogen-bond acceptors (Lipinski definition) is 2. The lowest BCUT2D eigenvalue weighted by molar-refractivity contribution is 0.307. The van der Waals surface area contributed by atoms with Gasteiger partial charge in [0.05, 0.1) is 17.7 Å². The highest BCUT2D eigenvalue weighted by molar-refractivity contribution is 5.13. The number of H-pyrrole nitrogens is 1. The lowest BCUT2D eigenvalue weighted by Crippen LogP contribution is -2.26. The van der Waals surface area contributed by atoms with Crippen molar-refractivity contribution >= 4 is 0 Å². The highest BCUT2D eigenvalue weighted by Gasteiger charge is 2.13. The first kappa shape index (κ1) is 9.26. The average molecular weight is 169 g/mol. The van der Waals surface area contributed by atoms with Crippen LogP contribution in [0.25, 0.3) is 0 Å². The highest BCUT2D eigenvalue weighted by atomic mass is 15.1. The SMILES string of the molecule is CC.CN1CCc2nc[nH]c2C1.[HH]. The molecule has 1 aromatic rings. The molecule has 1 aliphatic rings. The summed E-state index contributed by atoms with van der Waals surface area (Å²) in [5.41, 5.74) is 2.53. The van der Waals surface area contributed by atoms with Gasteiger partial charge >= 0.3 is 0 Å². The quantitative estimate of drug-likeness (QED) is 0.640. The molecule has 0 aromatic carbocycles. The van der Waals surface area contributed by atoms with Crippen LogP contribution in [0, 0.1) is 0 Å². The molecule has 70 valence electrons. The zero-order chi connectivity index (χ0) is 8.97. The standard InChI is InChI=1S/C7H11N3.C2H6.H2/c1-10-3-2-6-7(4-10)9-5-8-6;1-2;/h5H,2-4H2,1H3,(H,8,9);1-2H3;1H. The summed E-state index contributed by atoms with van der Waals surface area (Å²) in [4.78, 5) is 9.64. The number of imidazole rings is 1. The van der Waals surface area contributed by atoms with Gasteiger partial charge in [-0.1, -0.05) is 13.8 Å². The largest absolute Gasteiger partial charge is 0.347 e. The van der Waals surface area contributed by atoms with Gasteiger partial charge in [-0.2, -0.15) is 0 Å². The zero-order valence-corrected chi connectivity index (χ0v) is 8.09. The van der Waals surface area contributed by atoms with E-state index in [0.717, 1.165) is 19.5 Å². The molecular weight excluding hydrogens is 150 g/mol. The van der Waals surface area contributed by atoms with Gasteiger partial charge in [0.25, 0.3) is 0 Å². The van der Waals surface area contributed by atoms with E-state index in [1.54, 1.807) is 6.33 Å². The van der Waals surface area contributed by atoms with Crippen LogP contribution in [0.5, 0.6) is 0 Å². The van der Waals surface area contributed by atoms with Crippen molar-refractivity contribution in [3.8, 4) is 0 Å². The molecule has 0 spiro atoms. The van der Waals surface area contributed by atoms with Crippen molar-refractivity contribution in [1.82, 2.24) is 14.9 Å². The molecule has 0 radical (unpaired) electrons. The Morgan fingerprint density at radius 3 is 3.08 bits per heavy atom. The van der Waals surface area contributed by atoms with Crippen LogP contribution in [0.2, 0.25) is 0 Å². The Morgan fingerprint density at radius 2 is 2.33 bits per heavy atom. The predicted octanol–water partition coefficient (Wildman–Crippen LogP) is 1.67. The number of rotatable bonds is 0. The van der Waals surface area contributed by atoms with Gasteiger partial charge in [-0.05, 0) is 7.05 Å². The Kier molecular flexibility index (Phi) is 3.29. The molecular formula is C9H19N3. The normalized spacial score (nSPS) is 16.2. The second-order valence-electron chi connectivity index (χ2n) is 2.82. The number of likely N-dealkylation sites (N-methyl/N-ethyl adjacent to an activating group) is 1. The first-order valence-corrected chi connectivity index (χ1v) is 4.56. The number of fused-ring (bicyclic) bond motifs is 1. The summed E-state index contributed by atoms with van der Waals surface area (Å²) in [7, 11) is 2.13. The van der Waals surface area contributed by atoms with E-state index in [4.69, 9.17) is 0 Å². The van der Waals surface area contributed by atoms with Gasteiger partial charge in [0.2, 0.25) is 0 Å². The molecule has 3 nitrogen and oxygen atoms in total. The van der Waals surface area contributed by atoms with Gasteiger partial charge in [-0.15, -0.1) is 0 Å². The molecule has 2 heterocycles. The van der Waals surface area contributed by atoms with Crippen LogP contribution in [0.15, 0.2) is 6.33 Å². The van der Waals surface area contributed by atoms with Gasteiger partial charge < -0.3 is 9.88 Å². The molecule has 1 N–H and O–H groups in total. The summed E-state index contributed by atoms with van der Waals surface area (Å²) in [5, 5.41) is 0. The monoisotopic (exact) mass is 169 g/mol. The van der Waals surface area contributed by atoms with E-state index in [1.165, 1.54) is 11.4 Å². The van der Waals surface area contributed by atoms with Crippen LogP contribution in [0.1, 0.15) is 26.7 Å². The van der Waals surface area contributed by atoms with Gasteiger partial charge in [0, 0.05) is 20.9 Å². The Bertz CT molecular complexity index is 235. The molecule has 0 aliphatic carbocycles. The fraction of sp³-hybridized carbons (Fsp3) is 0.667. The Morgan fingerprint density at radius 1 is 1.58 bits per heavy atom. The molecule has 1 aliphatic heterocycles. The number of aromatic nitrogens is 2. The second-order valence-corrected chi connectivity index (χ2v) is 2.82. The maximum absolute atomic E-state index is 4.21. The molecule has 0 amide bonds. The summed E-state index contributed by atoms with van der Waals surface area (Å²) < 4.78 is 0. The van der Waals surface area contributed by atoms with E-state index in [0.29, 0.717) is 0 Å². The summed E-state index contributed by atoms with van der Waals surface area (Å²) >= 11 is 0. The van der Waals surface area contributed by atoms with Gasteiger partial charge in [-0.25, -0.2) is 4.98 Å².